The third-order valence-electron chi connectivity index (χ3n) is 4.74. The van der Waals surface area contributed by atoms with Gasteiger partial charge in [-0.05, 0) is 29.8 Å². The van der Waals surface area contributed by atoms with Crippen molar-refractivity contribution < 1.29 is 4.39 Å². The molecule has 0 unspecified atom stereocenters. The summed E-state index contributed by atoms with van der Waals surface area (Å²) in [5.41, 5.74) is 3.46. The lowest BCUT2D eigenvalue weighted by atomic mass is 10.2. The Labute approximate surface area is 157 Å². The predicted molar refractivity (Wildman–Crippen MR) is 105 cm³/mol. The van der Waals surface area contributed by atoms with Gasteiger partial charge in [0.2, 0.25) is 0 Å². The first-order valence-corrected chi connectivity index (χ1v) is 9.83. The molecule has 1 aliphatic rings. The van der Waals surface area contributed by atoms with E-state index in [1.165, 1.54) is 17.7 Å². The molecule has 2 aromatic carbocycles. The van der Waals surface area contributed by atoms with Crippen LogP contribution in [0.15, 0.2) is 60.0 Å². The number of aromatic nitrogens is 1. The topological polar surface area (TPSA) is 19.4 Å². The molecule has 1 saturated heterocycles. The fourth-order valence-corrected chi connectivity index (χ4v) is 4.10. The van der Waals surface area contributed by atoms with Gasteiger partial charge in [-0.2, -0.15) is 0 Å². The molecule has 4 rings (SSSR count). The Kier molecular flexibility index (Phi) is 5.39. The van der Waals surface area contributed by atoms with Gasteiger partial charge in [0.25, 0.3) is 0 Å². The lowest BCUT2D eigenvalue weighted by Crippen LogP contribution is -2.45. The van der Waals surface area contributed by atoms with Crippen LogP contribution in [-0.2, 0) is 13.1 Å². The van der Waals surface area contributed by atoms with E-state index < -0.39 is 0 Å². The summed E-state index contributed by atoms with van der Waals surface area (Å²) in [6.07, 6.45) is 0. The van der Waals surface area contributed by atoms with Gasteiger partial charge in [-0.1, -0.05) is 30.3 Å². The zero-order valence-electron chi connectivity index (χ0n) is 14.6. The summed E-state index contributed by atoms with van der Waals surface area (Å²) >= 11 is 1.63. The Morgan fingerprint density at radius 3 is 2.19 bits per heavy atom. The van der Waals surface area contributed by atoms with Gasteiger partial charge in [-0.25, -0.2) is 9.37 Å². The third kappa shape index (κ3) is 4.36. The molecular formula is C21H22FN3S. The molecule has 3 aromatic rings. The molecule has 0 saturated carbocycles. The number of rotatable bonds is 5. The predicted octanol–water partition coefficient (Wildman–Crippen LogP) is 4.27. The van der Waals surface area contributed by atoms with Gasteiger partial charge in [-0.15, -0.1) is 11.3 Å². The van der Waals surface area contributed by atoms with E-state index >= 15 is 0 Å². The minimum absolute atomic E-state index is 0.209. The van der Waals surface area contributed by atoms with Crippen LogP contribution in [0.25, 0.3) is 10.6 Å². The third-order valence-corrected chi connectivity index (χ3v) is 5.68. The Bertz CT molecular complexity index is 824. The molecule has 3 nitrogen and oxygen atoms in total. The second-order valence-electron chi connectivity index (χ2n) is 6.69. The Hall–Kier alpha value is -2.08. The molecule has 0 N–H and O–H groups in total. The standard InChI is InChI=1S/C21H22FN3S/c22-19-8-6-18(7-9-19)21-23-20(16-26-21)15-25-12-10-24(11-13-25)14-17-4-2-1-3-5-17/h1-9,16H,10-15H2. The van der Waals surface area contributed by atoms with Crippen molar-refractivity contribution in [1.82, 2.24) is 14.8 Å². The van der Waals surface area contributed by atoms with Crippen molar-refractivity contribution in [3.8, 4) is 10.6 Å². The van der Waals surface area contributed by atoms with Crippen molar-refractivity contribution in [3.63, 3.8) is 0 Å². The smallest absolute Gasteiger partial charge is 0.123 e. The van der Waals surface area contributed by atoms with E-state index in [1.807, 2.05) is 0 Å². The van der Waals surface area contributed by atoms with Gasteiger partial charge in [-0.3, -0.25) is 9.80 Å². The monoisotopic (exact) mass is 367 g/mol. The summed E-state index contributed by atoms with van der Waals surface area (Å²) < 4.78 is 13.1. The van der Waals surface area contributed by atoms with E-state index in [1.54, 1.807) is 23.5 Å². The molecule has 2 heterocycles. The first kappa shape index (κ1) is 17.3. The Morgan fingerprint density at radius 1 is 0.846 bits per heavy atom. The second kappa shape index (κ2) is 8.08. The van der Waals surface area contributed by atoms with Crippen LogP contribution in [0.5, 0.6) is 0 Å². The van der Waals surface area contributed by atoms with Crippen LogP contribution in [0.1, 0.15) is 11.3 Å². The average Bonchev–Trinajstić information content (AvgIpc) is 3.13. The number of hydrogen-bond donors (Lipinski definition) is 0. The van der Waals surface area contributed by atoms with Crippen molar-refractivity contribution in [1.29, 1.82) is 0 Å². The SMILES string of the molecule is Fc1ccc(-c2nc(CN3CCN(Cc4ccccc4)CC3)cs2)cc1. The van der Waals surface area contributed by atoms with Crippen LogP contribution in [0.2, 0.25) is 0 Å². The van der Waals surface area contributed by atoms with Crippen LogP contribution >= 0.6 is 11.3 Å². The highest BCUT2D eigenvalue weighted by Gasteiger charge is 2.18. The average molecular weight is 367 g/mol. The van der Waals surface area contributed by atoms with Crippen molar-refractivity contribution >= 4 is 11.3 Å². The van der Waals surface area contributed by atoms with Crippen LogP contribution in [-0.4, -0.2) is 41.0 Å². The minimum atomic E-state index is -0.209. The zero-order valence-corrected chi connectivity index (χ0v) is 15.5. The molecule has 0 amide bonds. The highest BCUT2D eigenvalue weighted by Crippen LogP contribution is 2.24. The van der Waals surface area contributed by atoms with Crippen LogP contribution < -0.4 is 0 Å². The second-order valence-corrected chi connectivity index (χ2v) is 7.55. The van der Waals surface area contributed by atoms with Crippen molar-refractivity contribution in [2.75, 3.05) is 26.2 Å². The summed E-state index contributed by atoms with van der Waals surface area (Å²) in [6.45, 7) is 6.22. The first-order chi connectivity index (χ1) is 12.8. The Balaban J connectivity index is 1.30. The lowest BCUT2D eigenvalue weighted by molar-refractivity contribution is 0.121. The molecule has 0 aliphatic carbocycles. The van der Waals surface area contributed by atoms with Crippen LogP contribution in [0.4, 0.5) is 4.39 Å². The Morgan fingerprint density at radius 2 is 1.50 bits per heavy atom. The maximum absolute atomic E-state index is 13.1. The fraction of sp³-hybridized carbons (Fsp3) is 0.286. The summed E-state index contributed by atoms with van der Waals surface area (Å²) in [5.74, 6) is -0.209. The normalized spacial score (nSPS) is 16.0. The minimum Gasteiger partial charge on any atom is -0.297 e. The van der Waals surface area contributed by atoms with Gasteiger partial charge in [0.1, 0.15) is 10.8 Å². The molecule has 134 valence electrons. The van der Waals surface area contributed by atoms with E-state index in [-0.39, 0.29) is 5.82 Å². The molecule has 0 bridgehead atoms. The summed E-state index contributed by atoms with van der Waals surface area (Å²) in [5, 5.41) is 3.08. The van der Waals surface area contributed by atoms with Gasteiger partial charge < -0.3 is 0 Å². The number of benzene rings is 2. The molecule has 0 radical (unpaired) electrons. The number of hydrogen-bond acceptors (Lipinski definition) is 4. The highest BCUT2D eigenvalue weighted by molar-refractivity contribution is 7.13. The van der Waals surface area contributed by atoms with Gasteiger partial charge in [0, 0.05) is 50.2 Å². The quantitative estimate of drug-likeness (QED) is 0.671. The molecule has 5 heteroatoms. The van der Waals surface area contributed by atoms with Crippen LogP contribution in [0.3, 0.4) is 0 Å². The van der Waals surface area contributed by atoms with E-state index in [4.69, 9.17) is 4.98 Å². The first-order valence-electron chi connectivity index (χ1n) is 8.95. The maximum Gasteiger partial charge on any atom is 0.123 e. The summed E-state index contributed by atoms with van der Waals surface area (Å²) in [7, 11) is 0. The molecule has 1 aromatic heterocycles. The number of thiazole rings is 1. The van der Waals surface area contributed by atoms with Gasteiger partial charge in [0.05, 0.1) is 5.69 Å². The number of halogens is 1. The molecule has 0 atom stereocenters. The summed E-state index contributed by atoms with van der Waals surface area (Å²) in [4.78, 5) is 9.71. The van der Waals surface area contributed by atoms with Crippen molar-refractivity contribution in [3.05, 3.63) is 77.1 Å². The summed E-state index contributed by atoms with van der Waals surface area (Å²) in [6, 6.07) is 17.2. The van der Waals surface area contributed by atoms with Crippen molar-refractivity contribution in [2.24, 2.45) is 0 Å². The van der Waals surface area contributed by atoms with E-state index in [0.717, 1.165) is 55.5 Å². The van der Waals surface area contributed by atoms with Crippen LogP contribution in [0, 0.1) is 5.82 Å². The molecule has 1 fully saturated rings. The molecule has 0 spiro atoms. The van der Waals surface area contributed by atoms with Gasteiger partial charge in [0.15, 0.2) is 0 Å². The lowest BCUT2D eigenvalue weighted by Gasteiger charge is -2.34. The molecule has 26 heavy (non-hydrogen) atoms. The maximum atomic E-state index is 13.1. The fourth-order valence-electron chi connectivity index (χ4n) is 3.28. The molecule has 1 aliphatic heterocycles. The largest absolute Gasteiger partial charge is 0.297 e. The number of nitrogens with zero attached hydrogens (tertiary/aromatic N) is 3. The van der Waals surface area contributed by atoms with E-state index in [0.29, 0.717) is 0 Å². The zero-order chi connectivity index (χ0) is 17.8. The number of piperazine rings is 1. The van der Waals surface area contributed by atoms with Gasteiger partial charge >= 0.3 is 0 Å². The highest BCUT2D eigenvalue weighted by atomic mass is 32.1. The van der Waals surface area contributed by atoms with E-state index in [2.05, 4.69) is 45.5 Å². The van der Waals surface area contributed by atoms with E-state index in [9.17, 15) is 4.39 Å². The molecular weight excluding hydrogens is 345 g/mol. The van der Waals surface area contributed by atoms with Crippen molar-refractivity contribution in [2.45, 2.75) is 13.1 Å².